The van der Waals surface area contributed by atoms with E-state index in [1.807, 2.05) is 22.4 Å². The lowest BCUT2D eigenvalue weighted by molar-refractivity contribution is -0.136. The Morgan fingerprint density at radius 1 is 1.26 bits per heavy atom. The molecule has 3 heterocycles. The summed E-state index contributed by atoms with van der Waals surface area (Å²) in [6, 6.07) is 3.73. The lowest BCUT2D eigenvalue weighted by Crippen LogP contribution is -2.50. The van der Waals surface area contributed by atoms with Crippen LogP contribution in [0.1, 0.15) is 5.69 Å². The summed E-state index contributed by atoms with van der Waals surface area (Å²) in [6.45, 7) is 3.33. The van der Waals surface area contributed by atoms with Crippen molar-refractivity contribution in [2.75, 3.05) is 37.7 Å². The van der Waals surface area contributed by atoms with Crippen LogP contribution < -0.4 is 4.90 Å². The Morgan fingerprint density at radius 2 is 2.09 bits per heavy atom. The Labute approximate surface area is 143 Å². The molecule has 8 heteroatoms. The number of anilines is 1. The molecule has 2 aromatic heterocycles. The number of carbonyl (C=O) groups is 1. The Balaban J connectivity index is 1.43. The van der Waals surface area contributed by atoms with Crippen LogP contribution in [0.15, 0.2) is 29.2 Å². The van der Waals surface area contributed by atoms with Crippen molar-refractivity contribution in [3.8, 4) is 0 Å². The van der Waals surface area contributed by atoms with E-state index in [-0.39, 0.29) is 12.5 Å². The van der Waals surface area contributed by atoms with Crippen LogP contribution in [0.2, 0.25) is 5.02 Å². The number of hydrogen-bond donors (Lipinski definition) is 0. The Kier molecular flexibility index (Phi) is 5.43. The first-order chi connectivity index (χ1) is 11.2. The monoisotopic (exact) mass is 352 g/mol. The van der Waals surface area contributed by atoms with Crippen LogP contribution >= 0.6 is 22.9 Å². The Hall–Kier alpha value is -1.70. The summed E-state index contributed by atoms with van der Waals surface area (Å²) >= 11 is 7.37. The van der Waals surface area contributed by atoms with Crippen LogP contribution in [-0.4, -0.2) is 53.6 Å². The minimum Gasteiger partial charge on any atom is -0.365 e. The summed E-state index contributed by atoms with van der Waals surface area (Å²) in [5, 5.41) is 2.54. The fourth-order valence-corrected chi connectivity index (χ4v) is 3.04. The molecule has 1 aliphatic heterocycles. The lowest BCUT2D eigenvalue weighted by atomic mass is 10.3. The highest BCUT2D eigenvalue weighted by Crippen LogP contribution is 2.16. The van der Waals surface area contributed by atoms with E-state index < -0.39 is 0 Å². The summed E-state index contributed by atoms with van der Waals surface area (Å²) in [6.07, 6.45) is 1.64. The number of thiazole rings is 1. The van der Waals surface area contributed by atoms with Gasteiger partial charge in [-0.2, -0.15) is 0 Å². The second-order valence-corrected chi connectivity index (χ2v) is 6.33. The van der Waals surface area contributed by atoms with E-state index in [0.29, 0.717) is 24.7 Å². The number of piperazine rings is 1. The minimum absolute atomic E-state index is 0.0175. The van der Waals surface area contributed by atoms with E-state index >= 15 is 0 Å². The van der Waals surface area contributed by atoms with Crippen LogP contribution in [-0.2, 0) is 16.1 Å². The number of carbonyl (C=O) groups excluding carboxylic acids is 1. The van der Waals surface area contributed by atoms with Crippen molar-refractivity contribution in [1.82, 2.24) is 14.9 Å². The van der Waals surface area contributed by atoms with E-state index in [1.165, 1.54) is 11.3 Å². The predicted octanol–water partition coefficient (Wildman–Crippen LogP) is 2.06. The largest absolute Gasteiger partial charge is 0.365 e. The van der Waals surface area contributed by atoms with Crippen molar-refractivity contribution in [2.24, 2.45) is 0 Å². The number of aromatic nitrogens is 2. The van der Waals surface area contributed by atoms with Gasteiger partial charge < -0.3 is 14.5 Å². The summed E-state index contributed by atoms with van der Waals surface area (Å²) in [5.74, 6) is 0.908. The molecule has 0 N–H and O–H groups in total. The molecule has 3 rings (SSSR count). The van der Waals surface area contributed by atoms with Gasteiger partial charge in [0.05, 0.1) is 22.8 Å². The van der Waals surface area contributed by atoms with Gasteiger partial charge in [0, 0.05) is 37.8 Å². The molecule has 0 unspecified atom stereocenters. The smallest absolute Gasteiger partial charge is 0.248 e. The molecule has 122 valence electrons. The molecule has 1 amide bonds. The van der Waals surface area contributed by atoms with Crippen LogP contribution in [0.25, 0.3) is 0 Å². The second kappa shape index (κ2) is 7.72. The van der Waals surface area contributed by atoms with E-state index in [4.69, 9.17) is 16.3 Å². The van der Waals surface area contributed by atoms with Crippen LogP contribution in [0.5, 0.6) is 0 Å². The van der Waals surface area contributed by atoms with Gasteiger partial charge in [-0.1, -0.05) is 11.6 Å². The molecule has 0 aromatic carbocycles. The third kappa shape index (κ3) is 4.40. The zero-order valence-electron chi connectivity index (χ0n) is 12.5. The zero-order chi connectivity index (χ0) is 16.1. The number of nitrogens with zero attached hydrogens (tertiary/aromatic N) is 4. The molecule has 0 radical (unpaired) electrons. The average Bonchev–Trinajstić information content (AvgIpc) is 3.09. The molecule has 23 heavy (non-hydrogen) atoms. The first-order valence-electron chi connectivity index (χ1n) is 7.31. The standard InChI is InChI=1S/C15H17ClN4O2S/c16-12-1-2-14(17-7-12)19-3-5-20(6-4-19)15(21)9-22-8-13-10-23-11-18-13/h1-2,7,10-11H,3-6,8-9H2. The van der Waals surface area contributed by atoms with Gasteiger partial charge in [0.25, 0.3) is 0 Å². The summed E-state index contributed by atoms with van der Waals surface area (Å²) in [4.78, 5) is 24.6. The highest BCUT2D eigenvalue weighted by molar-refractivity contribution is 7.07. The van der Waals surface area contributed by atoms with E-state index in [2.05, 4.69) is 14.9 Å². The Bertz CT molecular complexity index is 627. The molecular weight excluding hydrogens is 336 g/mol. The number of ether oxygens (including phenoxy) is 1. The maximum Gasteiger partial charge on any atom is 0.248 e. The van der Waals surface area contributed by atoms with E-state index in [9.17, 15) is 4.79 Å². The van der Waals surface area contributed by atoms with E-state index in [1.54, 1.807) is 11.7 Å². The number of hydrogen-bond acceptors (Lipinski definition) is 6. The maximum atomic E-state index is 12.1. The molecule has 1 fully saturated rings. The van der Waals surface area contributed by atoms with Gasteiger partial charge in [-0.05, 0) is 12.1 Å². The lowest BCUT2D eigenvalue weighted by Gasteiger charge is -2.35. The predicted molar refractivity (Wildman–Crippen MR) is 89.8 cm³/mol. The minimum atomic E-state index is 0.0175. The molecule has 2 aromatic rings. The first-order valence-corrected chi connectivity index (χ1v) is 8.63. The molecule has 6 nitrogen and oxygen atoms in total. The second-order valence-electron chi connectivity index (χ2n) is 5.18. The molecule has 0 aliphatic carbocycles. The highest BCUT2D eigenvalue weighted by atomic mass is 35.5. The van der Waals surface area contributed by atoms with Crippen molar-refractivity contribution >= 4 is 34.7 Å². The van der Waals surface area contributed by atoms with Crippen LogP contribution in [0, 0.1) is 0 Å². The number of halogens is 1. The molecule has 1 saturated heterocycles. The topological polar surface area (TPSA) is 58.6 Å². The van der Waals surface area contributed by atoms with Crippen molar-refractivity contribution in [2.45, 2.75) is 6.61 Å². The summed E-state index contributed by atoms with van der Waals surface area (Å²) in [5.41, 5.74) is 2.62. The number of amides is 1. The first kappa shape index (κ1) is 16.2. The molecule has 0 atom stereocenters. The van der Waals surface area contributed by atoms with Gasteiger partial charge >= 0.3 is 0 Å². The van der Waals surface area contributed by atoms with Crippen molar-refractivity contribution in [3.63, 3.8) is 0 Å². The molecule has 0 saturated carbocycles. The SMILES string of the molecule is O=C(COCc1cscn1)N1CCN(c2ccc(Cl)cn2)CC1. The molecule has 1 aliphatic rings. The van der Waals surface area contributed by atoms with Crippen molar-refractivity contribution in [1.29, 1.82) is 0 Å². The molecule has 0 spiro atoms. The summed E-state index contributed by atoms with van der Waals surface area (Å²) < 4.78 is 5.43. The van der Waals surface area contributed by atoms with Gasteiger partial charge in [-0.15, -0.1) is 11.3 Å². The third-order valence-electron chi connectivity index (χ3n) is 3.63. The molecular formula is C15H17ClN4O2S. The number of pyridine rings is 1. The quantitative estimate of drug-likeness (QED) is 0.824. The summed E-state index contributed by atoms with van der Waals surface area (Å²) in [7, 11) is 0. The van der Waals surface area contributed by atoms with Gasteiger partial charge in [0.15, 0.2) is 0 Å². The van der Waals surface area contributed by atoms with Crippen LogP contribution in [0.4, 0.5) is 5.82 Å². The van der Waals surface area contributed by atoms with Crippen molar-refractivity contribution < 1.29 is 9.53 Å². The van der Waals surface area contributed by atoms with Gasteiger partial charge in [-0.25, -0.2) is 9.97 Å². The third-order valence-corrected chi connectivity index (χ3v) is 4.49. The van der Waals surface area contributed by atoms with Gasteiger partial charge in [0.1, 0.15) is 12.4 Å². The highest BCUT2D eigenvalue weighted by Gasteiger charge is 2.21. The average molecular weight is 353 g/mol. The van der Waals surface area contributed by atoms with Gasteiger partial charge in [-0.3, -0.25) is 4.79 Å². The number of rotatable bonds is 5. The zero-order valence-corrected chi connectivity index (χ0v) is 14.1. The van der Waals surface area contributed by atoms with Crippen LogP contribution in [0.3, 0.4) is 0 Å². The fourth-order valence-electron chi connectivity index (χ4n) is 2.38. The normalized spacial score (nSPS) is 15.0. The van der Waals surface area contributed by atoms with Crippen molar-refractivity contribution in [3.05, 3.63) is 39.9 Å². The fraction of sp³-hybridized carbons (Fsp3) is 0.400. The van der Waals surface area contributed by atoms with E-state index in [0.717, 1.165) is 24.6 Å². The maximum absolute atomic E-state index is 12.1. The van der Waals surface area contributed by atoms with Gasteiger partial charge in [0.2, 0.25) is 5.91 Å². The Morgan fingerprint density at radius 3 is 2.74 bits per heavy atom. The molecule has 0 bridgehead atoms.